The minimum absolute atomic E-state index is 0.286. The molecule has 0 spiro atoms. The number of nitrogens with zero attached hydrogens (tertiary/aromatic N) is 4. The lowest BCUT2D eigenvalue weighted by molar-refractivity contribution is -0.113. The first-order valence-corrected chi connectivity index (χ1v) is 7.81. The Morgan fingerprint density at radius 1 is 1.38 bits per heavy atom. The van der Waals surface area contributed by atoms with Gasteiger partial charge in [-0.05, 0) is 38.0 Å². The van der Waals surface area contributed by atoms with Crippen LogP contribution in [0.25, 0.3) is 0 Å². The Balaban J connectivity index is 2.04. The summed E-state index contributed by atoms with van der Waals surface area (Å²) in [6, 6.07) is 4.93. The van der Waals surface area contributed by atoms with E-state index in [0.29, 0.717) is 21.9 Å². The number of methoxy groups -OCH3 is 2. The van der Waals surface area contributed by atoms with Crippen molar-refractivity contribution in [3.63, 3.8) is 0 Å². The minimum Gasteiger partial charge on any atom is -0.354 e. The highest BCUT2D eigenvalue weighted by Gasteiger charge is 2.14. The van der Waals surface area contributed by atoms with Crippen molar-refractivity contribution in [2.24, 2.45) is 0 Å². The van der Waals surface area contributed by atoms with Crippen LogP contribution in [0.3, 0.4) is 0 Å². The lowest BCUT2D eigenvalue weighted by atomic mass is 10.2. The molecule has 1 aromatic heterocycles. The Morgan fingerprint density at radius 2 is 2.14 bits per heavy atom. The van der Waals surface area contributed by atoms with Gasteiger partial charge in [-0.3, -0.25) is 0 Å². The van der Waals surface area contributed by atoms with E-state index in [1.54, 1.807) is 25.0 Å². The monoisotopic (exact) mass is 376 g/mol. The van der Waals surface area contributed by atoms with Crippen molar-refractivity contribution < 1.29 is 13.9 Å². The van der Waals surface area contributed by atoms with Crippen LogP contribution >= 0.6 is 27.7 Å². The molecule has 0 fully saturated rings. The zero-order valence-electron chi connectivity index (χ0n) is 11.5. The molecule has 0 saturated heterocycles. The van der Waals surface area contributed by atoms with Crippen LogP contribution in [-0.2, 0) is 21.8 Å². The molecule has 114 valence electrons. The number of rotatable bonds is 7. The summed E-state index contributed by atoms with van der Waals surface area (Å²) in [5, 5.41) is 12.1. The number of benzene rings is 1. The number of halogens is 2. The van der Waals surface area contributed by atoms with Gasteiger partial charge in [0.25, 0.3) is 0 Å². The molecular formula is C12H14BrFN4O2S. The van der Waals surface area contributed by atoms with Crippen molar-refractivity contribution >= 4 is 27.7 Å². The molecule has 2 aromatic rings. The number of hydrogen-bond donors (Lipinski definition) is 0. The first kappa shape index (κ1) is 16.3. The molecule has 0 atom stereocenters. The minimum atomic E-state index is -0.422. The third-order valence-electron chi connectivity index (χ3n) is 2.74. The van der Waals surface area contributed by atoms with E-state index >= 15 is 0 Å². The second kappa shape index (κ2) is 7.83. The molecule has 21 heavy (non-hydrogen) atoms. The summed E-state index contributed by atoms with van der Waals surface area (Å²) in [5.41, 5.74) is 0.838. The van der Waals surface area contributed by atoms with Crippen molar-refractivity contribution in [2.75, 3.05) is 14.2 Å². The van der Waals surface area contributed by atoms with E-state index in [-0.39, 0.29) is 5.82 Å². The van der Waals surface area contributed by atoms with E-state index in [0.717, 1.165) is 5.56 Å². The highest BCUT2D eigenvalue weighted by atomic mass is 79.9. The SMILES string of the molecule is COC(Cn1nnnc1SCc1cccc(F)c1Br)OC. The molecule has 2 rings (SSSR count). The van der Waals surface area contributed by atoms with Crippen LogP contribution in [0, 0.1) is 5.82 Å². The second-order valence-electron chi connectivity index (χ2n) is 4.05. The van der Waals surface area contributed by atoms with Crippen LogP contribution in [0.2, 0.25) is 0 Å². The van der Waals surface area contributed by atoms with Crippen molar-refractivity contribution in [3.8, 4) is 0 Å². The number of ether oxygens (including phenoxy) is 2. The van der Waals surface area contributed by atoms with Crippen molar-refractivity contribution in [2.45, 2.75) is 23.7 Å². The highest BCUT2D eigenvalue weighted by Crippen LogP contribution is 2.27. The summed E-state index contributed by atoms with van der Waals surface area (Å²) in [6.07, 6.45) is -0.422. The van der Waals surface area contributed by atoms with Gasteiger partial charge in [0.1, 0.15) is 5.82 Å². The molecule has 1 aromatic carbocycles. The van der Waals surface area contributed by atoms with Gasteiger partial charge in [0, 0.05) is 20.0 Å². The summed E-state index contributed by atoms with van der Waals surface area (Å²) < 4.78 is 25.7. The Kier molecular flexibility index (Phi) is 6.09. The molecule has 9 heteroatoms. The Morgan fingerprint density at radius 3 is 2.86 bits per heavy atom. The Hall–Kier alpha value is -1.03. The first-order chi connectivity index (χ1) is 10.2. The lowest BCUT2D eigenvalue weighted by Crippen LogP contribution is -2.21. The van der Waals surface area contributed by atoms with Gasteiger partial charge in [-0.25, -0.2) is 9.07 Å². The average Bonchev–Trinajstić information content (AvgIpc) is 2.93. The quantitative estimate of drug-likeness (QED) is 0.546. The number of thioether (sulfide) groups is 1. The maximum Gasteiger partial charge on any atom is 0.209 e. The molecule has 0 bridgehead atoms. The molecule has 0 amide bonds. The summed E-state index contributed by atoms with van der Waals surface area (Å²) in [6.45, 7) is 0.382. The third-order valence-corrected chi connectivity index (χ3v) is 4.63. The smallest absolute Gasteiger partial charge is 0.209 e. The molecule has 6 nitrogen and oxygen atoms in total. The highest BCUT2D eigenvalue weighted by molar-refractivity contribution is 9.10. The van der Waals surface area contributed by atoms with E-state index < -0.39 is 6.29 Å². The van der Waals surface area contributed by atoms with Gasteiger partial charge < -0.3 is 9.47 Å². The first-order valence-electron chi connectivity index (χ1n) is 6.03. The molecule has 1 heterocycles. The van der Waals surface area contributed by atoms with E-state index in [9.17, 15) is 4.39 Å². The Bertz CT molecular complexity index is 594. The van der Waals surface area contributed by atoms with E-state index in [1.165, 1.54) is 17.8 Å². The number of aromatic nitrogens is 4. The molecular weight excluding hydrogens is 363 g/mol. The molecule has 0 N–H and O–H groups in total. The second-order valence-corrected chi connectivity index (χ2v) is 5.78. The molecule has 0 unspecified atom stereocenters. The summed E-state index contributed by atoms with van der Waals surface area (Å²) in [4.78, 5) is 0. The fourth-order valence-electron chi connectivity index (χ4n) is 1.60. The average molecular weight is 377 g/mol. The summed E-state index contributed by atoms with van der Waals surface area (Å²) in [7, 11) is 3.10. The molecule has 0 radical (unpaired) electrons. The normalized spacial score (nSPS) is 11.3. The van der Waals surface area contributed by atoms with Gasteiger partial charge in [0.15, 0.2) is 6.29 Å². The summed E-state index contributed by atoms with van der Waals surface area (Å²) >= 11 is 4.65. The van der Waals surface area contributed by atoms with Crippen LogP contribution in [-0.4, -0.2) is 40.7 Å². The van der Waals surface area contributed by atoms with Crippen LogP contribution in [0.5, 0.6) is 0 Å². The zero-order valence-corrected chi connectivity index (χ0v) is 13.9. The number of hydrogen-bond acceptors (Lipinski definition) is 6. The molecule has 0 saturated carbocycles. The van der Waals surface area contributed by atoms with Gasteiger partial charge >= 0.3 is 0 Å². The van der Waals surface area contributed by atoms with Crippen LogP contribution in [0.1, 0.15) is 5.56 Å². The van der Waals surface area contributed by atoms with Gasteiger partial charge in [0.05, 0.1) is 11.0 Å². The van der Waals surface area contributed by atoms with Crippen molar-refractivity contribution in [3.05, 3.63) is 34.1 Å². The largest absolute Gasteiger partial charge is 0.354 e. The standard InChI is InChI=1S/C12H14BrFN4O2S/c1-19-10(20-2)6-18-12(15-16-17-18)21-7-8-4-3-5-9(14)11(8)13/h3-5,10H,6-7H2,1-2H3. The van der Waals surface area contributed by atoms with E-state index in [1.807, 2.05) is 6.07 Å². The van der Waals surface area contributed by atoms with E-state index in [4.69, 9.17) is 9.47 Å². The maximum absolute atomic E-state index is 13.5. The fourth-order valence-corrected chi connectivity index (χ4v) is 3.07. The topological polar surface area (TPSA) is 62.1 Å². The fraction of sp³-hybridized carbons (Fsp3) is 0.417. The predicted octanol–water partition coefficient (Wildman–Crippen LogP) is 2.49. The van der Waals surface area contributed by atoms with Crippen LogP contribution in [0.15, 0.2) is 27.8 Å². The molecule has 0 aliphatic carbocycles. The lowest BCUT2D eigenvalue weighted by Gasteiger charge is -2.13. The van der Waals surface area contributed by atoms with Gasteiger partial charge in [-0.15, -0.1) is 5.10 Å². The van der Waals surface area contributed by atoms with Gasteiger partial charge in [-0.1, -0.05) is 23.9 Å². The zero-order chi connectivity index (χ0) is 15.2. The predicted molar refractivity (Wildman–Crippen MR) is 79.3 cm³/mol. The molecule has 0 aliphatic heterocycles. The van der Waals surface area contributed by atoms with E-state index in [2.05, 4.69) is 31.5 Å². The van der Waals surface area contributed by atoms with Gasteiger partial charge in [-0.2, -0.15) is 0 Å². The molecule has 0 aliphatic rings. The van der Waals surface area contributed by atoms with Crippen molar-refractivity contribution in [1.29, 1.82) is 0 Å². The van der Waals surface area contributed by atoms with Gasteiger partial charge in [0.2, 0.25) is 5.16 Å². The number of tetrazole rings is 1. The van der Waals surface area contributed by atoms with Crippen LogP contribution < -0.4 is 0 Å². The van der Waals surface area contributed by atoms with Crippen molar-refractivity contribution in [1.82, 2.24) is 20.2 Å². The summed E-state index contributed by atoms with van der Waals surface area (Å²) in [5.74, 6) is 0.259. The Labute approximate surface area is 134 Å². The maximum atomic E-state index is 13.5. The van der Waals surface area contributed by atoms with Crippen LogP contribution in [0.4, 0.5) is 4.39 Å². The third kappa shape index (κ3) is 4.22.